The van der Waals surface area contributed by atoms with E-state index in [4.69, 9.17) is 9.84 Å². The minimum Gasteiger partial charge on any atom is -0.489 e. The molecule has 3 rings (SSSR count). The first-order valence-electron chi connectivity index (χ1n) is 7.98. The molecule has 1 aliphatic heterocycles. The molecule has 0 spiro atoms. The van der Waals surface area contributed by atoms with Gasteiger partial charge in [0.15, 0.2) is 0 Å². The lowest BCUT2D eigenvalue weighted by Crippen LogP contribution is -2.25. The highest BCUT2D eigenvalue weighted by molar-refractivity contribution is 5.86. The minimum atomic E-state index is -0.946. The van der Waals surface area contributed by atoms with E-state index in [1.165, 1.54) is 11.0 Å². The van der Waals surface area contributed by atoms with Gasteiger partial charge in [-0.15, -0.1) is 0 Å². The molecule has 2 aromatic carbocycles. The molecule has 2 aromatic rings. The third kappa shape index (κ3) is 4.15. The molecule has 1 heterocycles. The zero-order chi connectivity index (χ0) is 17.8. The van der Waals surface area contributed by atoms with Crippen molar-refractivity contribution >= 4 is 11.9 Å². The first-order valence-corrected chi connectivity index (χ1v) is 7.98. The molecular weight excluding hydrogens is 325 g/mol. The number of hydrogen-bond donors (Lipinski definition) is 1. The van der Waals surface area contributed by atoms with Gasteiger partial charge in [0.25, 0.3) is 0 Å². The Kier molecular flexibility index (Phi) is 4.97. The number of carbonyl (C=O) groups is 2. The van der Waals surface area contributed by atoms with E-state index < -0.39 is 11.9 Å². The van der Waals surface area contributed by atoms with Crippen LogP contribution < -0.4 is 4.74 Å². The monoisotopic (exact) mass is 343 g/mol. The van der Waals surface area contributed by atoms with Gasteiger partial charge < -0.3 is 14.7 Å². The van der Waals surface area contributed by atoms with Crippen molar-refractivity contribution in [1.29, 1.82) is 0 Å². The third-order valence-electron chi connectivity index (χ3n) is 4.19. The van der Waals surface area contributed by atoms with Gasteiger partial charge in [0, 0.05) is 25.1 Å². The van der Waals surface area contributed by atoms with E-state index in [0.717, 1.165) is 5.56 Å². The van der Waals surface area contributed by atoms with Gasteiger partial charge in [0.05, 0.1) is 5.92 Å². The van der Waals surface area contributed by atoms with Crippen LogP contribution in [0.3, 0.4) is 0 Å². The lowest BCUT2D eigenvalue weighted by Gasteiger charge is -2.16. The van der Waals surface area contributed by atoms with Crippen LogP contribution in [0.15, 0.2) is 48.5 Å². The van der Waals surface area contributed by atoms with Crippen molar-refractivity contribution in [2.75, 3.05) is 6.54 Å². The Labute approximate surface area is 144 Å². The van der Waals surface area contributed by atoms with Gasteiger partial charge in [0.1, 0.15) is 18.2 Å². The zero-order valence-corrected chi connectivity index (χ0v) is 13.5. The number of carboxylic acids is 1. The van der Waals surface area contributed by atoms with E-state index in [9.17, 15) is 14.0 Å². The van der Waals surface area contributed by atoms with E-state index in [2.05, 4.69) is 0 Å². The van der Waals surface area contributed by atoms with Gasteiger partial charge in [-0.25, -0.2) is 4.39 Å². The highest BCUT2D eigenvalue weighted by atomic mass is 19.1. The molecule has 1 atom stereocenters. The van der Waals surface area contributed by atoms with E-state index in [1.54, 1.807) is 36.4 Å². The molecule has 1 saturated heterocycles. The predicted molar refractivity (Wildman–Crippen MR) is 88.3 cm³/mol. The molecule has 25 heavy (non-hydrogen) atoms. The van der Waals surface area contributed by atoms with Crippen molar-refractivity contribution in [3.8, 4) is 5.75 Å². The molecular formula is C19H18FNO4. The number of nitrogens with zero attached hydrogens (tertiary/aromatic N) is 1. The SMILES string of the molecule is O=C(O)C1CC(=O)N(Cc2cccc(OCc3ccccc3F)c2)C1. The lowest BCUT2D eigenvalue weighted by atomic mass is 10.1. The Morgan fingerprint density at radius 3 is 2.76 bits per heavy atom. The van der Waals surface area contributed by atoms with Crippen LogP contribution in [0, 0.1) is 11.7 Å². The van der Waals surface area contributed by atoms with E-state index in [-0.39, 0.29) is 31.3 Å². The van der Waals surface area contributed by atoms with Crippen LogP contribution in [0.1, 0.15) is 17.5 Å². The number of aliphatic carboxylic acids is 1. The number of carboxylic acid groups (broad SMARTS) is 1. The molecule has 0 aliphatic carbocycles. The van der Waals surface area contributed by atoms with Crippen molar-refractivity contribution in [3.63, 3.8) is 0 Å². The van der Waals surface area contributed by atoms with Crippen molar-refractivity contribution in [2.45, 2.75) is 19.6 Å². The summed E-state index contributed by atoms with van der Waals surface area (Å²) in [6.07, 6.45) is 0.0405. The van der Waals surface area contributed by atoms with Crippen LogP contribution in [0.25, 0.3) is 0 Å². The van der Waals surface area contributed by atoms with Gasteiger partial charge in [-0.05, 0) is 23.8 Å². The molecule has 0 saturated carbocycles. The zero-order valence-electron chi connectivity index (χ0n) is 13.5. The van der Waals surface area contributed by atoms with Crippen LogP contribution in [-0.4, -0.2) is 28.4 Å². The fourth-order valence-corrected chi connectivity index (χ4v) is 2.82. The number of amides is 1. The van der Waals surface area contributed by atoms with Crippen LogP contribution in [0.2, 0.25) is 0 Å². The Morgan fingerprint density at radius 1 is 1.24 bits per heavy atom. The normalized spacial score (nSPS) is 16.9. The summed E-state index contributed by atoms with van der Waals surface area (Å²) < 4.78 is 19.2. The Balaban J connectivity index is 1.63. The summed E-state index contributed by atoms with van der Waals surface area (Å²) in [7, 11) is 0. The van der Waals surface area contributed by atoms with E-state index in [1.807, 2.05) is 6.07 Å². The quantitative estimate of drug-likeness (QED) is 0.876. The maximum Gasteiger partial charge on any atom is 0.308 e. The molecule has 6 heteroatoms. The fraction of sp³-hybridized carbons (Fsp3) is 0.263. The molecule has 5 nitrogen and oxygen atoms in total. The van der Waals surface area contributed by atoms with Gasteiger partial charge in [-0.2, -0.15) is 0 Å². The highest BCUT2D eigenvalue weighted by Gasteiger charge is 2.34. The summed E-state index contributed by atoms with van der Waals surface area (Å²) >= 11 is 0. The van der Waals surface area contributed by atoms with Crippen LogP contribution in [0.5, 0.6) is 5.75 Å². The number of likely N-dealkylation sites (tertiary alicyclic amines) is 1. The van der Waals surface area contributed by atoms with Crippen molar-refractivity contribution in [1.82, 2.24) is 4.90 Å². The number of rotatable bonds is 6. The molecule has 1 N–H and O–H groups in total. The molecule has 0 bridgehead atoms. The highest BCUT2D eigenvalue weighted by Crippen LogP contribution is 2.22. The molecule has 0 aromatic heterocycles. The number of benzene rings is 2. The molecule has 1 aliphatic rings. The molecule has 1 amide bonds. The summed E-state index contributed by atoms with van der Waals surface area (Å²) in [4.78, 5) is 24.5. The Hall–Kier alpha value is -2.89. The summed E-state index contributed by atoms with van der Waals surface area (Å²) in [5.74, 6) is -1.50. The minimum absolute atomic E-state index is 0.0405. The van der Waals surface area contributed by atoms with Gasteiger partial charge in [-0.1, -0.05) is 30.3 Å². The van der Waals surface area contributed by atoms with Gasteiger partial charge in [-0.3, -0.25) is 9.59 Å². The van der Waals surface area contributed by atoms with Crippen LogP contribution in [-0.2, 0) is 22.7 Å². The van der Waals surface area contributed by atoms with Crippen LogP contribution >= 0.6 is 0 Å². The van der Waals surface area contributed by atoms with Crippen LogP contribution in [0.4, 0.5) is 4.39 Å². The second-order valence-corrected chi connectivity index (χ2v) is 6.04. The number of halogens is 1. The van der Waals surface area contributed by atoms with Crippen molar-refractivity contribution in [3.05, 3.63) is 65.5 Å². The summed E-state index contributed by atoms with van der Waals surface area (Å²) in [5, 5.41) is 9.03. The summed E-state index contributed by atoms with van der Waals surface area (Å²) in [6, 6.07) is 13.6. The lowest BCUT2D eigenvalue weighted by molar-refractivity contribution is -0.141. The smallest absolute Gasteiger partial charge is 0.308 e. The third-order valence-corrected chi connectivity index (χ3v) is 4.19. The Bertz CT molecular complexity index is 792. The molecule has 130 valence electrons. The van der Waals surface area contributed by atoms with E-state index in [0.29, 0.717) is 17.9 Å². The number of carbonyl (C=O) groups excluding carboxylic acids is 1. The molecule has 1 unspecified atom stereocenters. The standard InChI is InChI=1S/C19H18FNO4/c20-17-7-2-1-5-14(17)12-25-16-6-3-4-13(8-16)10-21-11-15(19(23)24)9-18(21)22/h1-8,15H,9-12H2,(H,23,24). The van der Waals surface area contributed by atoms with Crippen molar-refractivity contribution in [2.24, 2.45) is 5.92 Å². The largest absolute Gasteiger partial charge is 0.489 e. The van der Waals surface area contributed by atoms with E-state index >= 15 is 0 Å². The fourth-order valence-electron chi connectivity index (χ4n) is 2.82. The first kappa shape index (κ1) is 17.0. The number of hydrogen-bond acceptors (Lipinski definition) is 3. The predicted octanol–water partition coefficient (Wildman–Crippen LogP) is 2.84. The van der Waals surface area contributed by atoms with Gasteiger partial charge in [0.2, 0.25) is 5.91 Å². The molecule has 1 fully saturated rings. The topological polar surface area (TPSA) is 66.8 Å². The van der Waals surface area contributed by atoms with Gasteiger partial charge >= 0.3 is 5.97 Å². The molecule has 0 radical (unpaired) electrons. The number of ether oxygens (including phenoxy) is 1. The summed E-state index contributed by atoms with van der Waals surface area (Å²) in [6.45, 7) is 0.661. The first-order chi connectivity index (χ1) is 12.0. The second kappa shape index (κ2) is 7.34. The second-order valence-electron chi connectivity index (χ2n) is 6.04. The average molecular weight is 343 g/mol. The Morgan fingerprint density at radius 2 is 2.04 bits per heavy atom. The summed E-state index contributed by atoms with van der Waals surface area (Å²) in [5.41, 5.74) is 1.30. The maximum absolute atomic E-state index is 13.6. The average Bonchev–Trinajstić information content (AvgIpc) is 2.96. The maximum atomic E-state index is 13.6. The van der Waals surface area contributed by atoms with Crippen molar-refractivity contribution < 1.29 is 23.8 Å².